The lowest BCUT2D eigenvalue weighted by atomic mass is 10.0. The van der Waals surface area contributed by atoms with Crippen LogP contribution < -0.4 is 11.1 Å². The number of carbonyl (C=O) groups is 2. The summed E-state index contributed by atoms with van der Waals surface area (Å²) in [6.45, 7) is 5.27. The van der Waals surface area contributed by atoms with E-state index in [1.54, 1.807) is 13.8 Å². The van der Waals surface area contributed by atoms with E-state index in [0.717, 1.165) is 6.42 Å². The molecule has 18 heavy (non-hydrogen) atoms. The Kier molecular flexibility index (Phi) is 4.31. The minimum Gasteiger partial charge on any atom is -0.478 e. The maximum Gasteiger partial charge on any atom is 0.336 e. The third-order valence-electron chi connectivity index (χ3n) is 2.80. The third-order valence-corrected chi connectivity index (χ3v) is 2.80. The molecular formula is C13H18N2O3. The number of carboxylic acid groups (broad SMARTS) is 1. The molecule has 0 heterocycles. The van der Waals surface area contributed by atoms with Gasteiger partial charge in [0, 0.05) is 6.42 Å². The minimum atomic E-state index is -1.02. The third kappa shape index (κ3) is 2.80. The molecule has 0 fully saturated rings. The molecule has 0 aliphatic heterocycles. The Bertz CT molecular complexity index is 495. The standard InChI is InChI=1S/C13H18N2O3/c1-4-5-10(16)15-12-7(2)6-9(13(17)18)8(3)11(12)14/h6H,4-5,14H2,1-3H3,(H,15,16)(H,17,18). The molecule has 1 amide bonds. The van der Waals surface area contributed by atoms with Crippen LogP contribution in [-0.4, -0.2) is 17.0 Å². The van der Waals surface area contributed by atoms with Crippen molar-refractivity contribution in [1.29, 1.82) is 0 Å². The number of nitrogen functional groups attached to an aromatic ring is 1. The lowest BCUT2D eigenvalue weighted by Crippen LogP contribution is -2.15. The quantitative estimate of drug-likeness (QED) is 0.715. The van der Waals surface area contributed by atoms with Crippen molar-refractivity contribution in [3.63, 3.8) is 0 Å². The van der Waals surface area contributed by atoms with E-state index < -0.39 is 5.97 Å². The number of nitrogens with two attached hydrogens (primary N) is 1. The zero-order chi connectivity index (χ0) is 13.9. The van der Waals surface area contributed by atoms with Crippen LogP contribution in [0.1, 0.15) is 41.3 Å². The van der Waals surface area contributed by atoms with Crippen LogP contribution in [0.25, 0.3) is 0 Å². The second-order valence-electron chi connectivity index (χ2n) is 4.26. The van der Waals surface area contributed by atoms with Crippen LogP contribution in [0.4, 0.5) is 11.4 Å². The van der Waals surface area contributed by atoms with Crippen molar-refractivity contribution < 1.29 is 14.7 Å². The molecule has 0 saturated carbocycles. The van der Waals surface area contributed by atoms with E-state index in [1.807, 2.05) is 6.92 Å². The molecule has 1 aromatic carbocycles. The number of aryl methyl sites for hydroxylation is 1. The number of benzene rings is 1. The van der Waals surface area contributed by atoms with Gasteiger partial charge >= 0.3 is 5.97 Å². The molecule has 0 aromatic heterocycles. The molecule has 1 rings (SSSR count). The van der Waals surface area contributed by atoms with Gasteiger partial charge in [-0.2, -0.15) is 0 Å². The number of hydrogen-bond acceptors (Lipinski definition) is 3. The van der Waals surface area contributed by atoms with Crippen LogP contribution in [0.3, 0.4) is 0 Å². The van der Waals surface area contributed by atoms with Gasteiger partial charge in [-0.25, -0.2) is 4.79 Å². The first-order valence-corrected chi connectivity index (χ1v) is 5.81. The molecule has 0 saturated heterocycles. The molecule has 5 nitrogen and oxygen atoms in total. The van der Waals surface area contributed by atoms with Crippen LogP contribution >= 0.6 is 0 Å². The van der Waals surface area contributed by atoms with Crippen molar-refractivity contribution in [2.24, 2.45) is 0 Å². The zero-order valence-corrected chi connectivity index (χ0v) is 10.8. The molecule has 0 bridgehead atoms. The van der Waals surface area contributed by atoms with Gasteiger partial charge in [-0.1, -0.05) is 6.92 Å². The highest BCUT2D eigenvalue weighted by Crippen LogP contribution is 2.30. The second kappa shape index (κ2) is 5.53. The van der Waals surface area contributed by atoms with Gasteiger partial charge in [0.15, 0.2) is 0 Å². The highest BCUT2D eigenvalue weighted by atomic mass is 16.4. The smallest absolute Gasteiger partial charge is 0.336 e. The Morgan fingerprint density at radius 3 is 2.50 bits per heavy atom. The predicted molar refractivity (Wildman–Crippen MR) is 70.8 cm³/mol. The normalized spacial score (nSPS) is 10.2. The van der Waals surface area contributed by atoms with Gasteiger partial charge in [0.25, 0.3) is 0 Å². The van der Waals surface area contributed by atoms with Crippen molar-refractivity contribution in [1.82, 2.24) is 0 Å². The van der Waals surface area contributed by atoms with Gasteiger partial charge in [0.1, 0.15) is 0 Å². The van der Waals surface area contributed by atoms with Gasteiger partial charge in [0.05, 0.1) is 16.9 Å². The Hall–Kier alpha value is -2.04. The number of amides is 1. The Morgan fingerprint density at radius 2 is 2.00 bits per heavy atom. The number of carbonyl (C=O) groups excluding carboxylic acids is 1. The number of nitrogens with one attached hydrogen (secondary N) is 1. The van der Waals surface area contributed by atoms with Crippen LogP contribution in [0, 0.1) is 13.8 Å². The van der Waals surface area contributed by atoms with Gasteiger partial charge in [-0.3, -0.25) is 4.79 Å². The van der Waals surface area contributed by atoms with Crippen LogP contribution in [0.5, 0.6) is 0 Å². The summed E-state index contributed by atoms with van der Waals surface area (Å²) >= 11 is 0. The van der Waals surface area contributed by atoms with Gasteiger partial charge < -0.3 is 16.2 Å². The monoisotopic (exact) mass is 250 g/mol. The van der Waals surface area contributed by atoms with Crippen molar-refractivity contribution in [3.8, 4) is 0 Å². The van der Waals surface area contributed by atoms with E-state index in [0.29, 0.717) is 28.9 Å². The van der Waals surface area contributed by atoms with Crippen molar-refractivity contribution in [3.05, 3.63) is 22.8 Å². The lowest BCUT2D eigenvalue weighted by Gasteiger charge is -2.15. The molecule has 0 aliphatic carbocycles. The topological polar surface area (TPSA) is 92.4 Å². The van der Waals surface area contributed by atoms with Crippen LogP contribution in [-0.2, 0) is 4.79 Å². The van der Waals surface area contributed by atoms with E-state index in [2.05, 4.69) is 5.32 Å². The van der Waals surface area contributed by atoms with E-state index in [4.69, 9.17) is 10.8 Å². The SMILES string of the molecule is CCCC(=O)Nc1c(C)cc(C(=O)O)c(C)c1N. The van der Waals surface area contributed by atoms with E-state index in [1.165, 1.54) is 6.07 Å². The first-order valence-electron chi connectivity index (χ1n) is 5.81. The summed E-state index contributed by atoms with van der Waals surface area (Å²) in [5, 5.41) is 11.8. The molecule has 0 aliphatic rings. The van der Waals surface area contributed by atoms with Crippen LogP contribution in [0.15, 0.2) is 6.07 Å². The summed E-state index contributed by atoms with van der Waals surface area (Å²) in [5.41, 5.74) is 8.01. The number of rotatable bonds is 4. The van der Waals surface area contributed by atoms with E-state index in [9.17, 15) is 9.59 Å². The molecule has 98 valence electrons. The highest BCUT2D eigenvalue weighted by molar-refractivity contribution is 5.99. The lowest BCUT2D eigenvalue weighted by molar-refractivity contribution is -0.116. The summed E-state index contributed by atoms with van der Waals surface area (Å²) in [6, 6.07) is 1.52. The second-order valence-corrected chi connectivity index (χ2v) is 4.26. The molecule has 0 unspecified atom stereocenters. The van der Waals surface area contributed by atoms with E-state index in [-0.39, 0.29) is 11.5 Å². The average Bonchev–Trinajstić information content (AvgIpc) is 2.29. The Morgan fingerprint density at radius 1 is 1.39 bits per heavy atom. The van der Waals surface area contributed by atoms with Gasteiger partial charge in [0.2, 0.25) is 5.91 Å². The Labute approximate surface area is 106 Å². The van der Waals surface area contributed by atoms with Crippen molar-refractivity contribution in [2.45, 2.75) is 33.6 Å². The number of hydrogen-bond donors (Lipinski definition) is 3. The number of aromatic carboxylic acids is 1. The molecule has 1 aromatic rings. The summed E-state index contributed by atoms with van der Waals surface area (Å²) in [7, 11) is 0. The van der Waals surface area contributed by atoms with Crippen LogP contribution in [0.2, 0.25) is 0 Å². The molecule has 5 heteroatoms. The summed E-state index contributed by atoms with van der Waals surface area (Å²) in [6.07, 6.45) is 1.16. The zero-order valence-electron chi connectivity index (χ0n) is 10.8. The average molecular weight is 250 g/mol. The summed E-state index contributed by atoms with van der Waals surface area (Å²) in [4.78, 5) is 22.6. The van der Waals surface area contributed by atoms with Gasteiger partial charge in [-0.15, -0.1) is 0 Å². The first-order chi connectivity index (χ1) is 8.38. The summed E-state index contributed by atoms with van der Waals surface area (Å²) in [5.74, 6) is -1.14. The number of anilines is 2. The number of carboxylic acids is 1. The maximum absolute atomic E-state index is 11.6. The summed E-state index contributed by atoms with van der Waals surface area (Å²) < 4.78 is 0. The minimum absolute atomic E-state index is 0.116. The van der Waals surface area contributed by atoms with Gasteiger partial charge in [-0.05, 0) is 37.5 Å². The highest BCUT2D eigenvalue weighted by Gasteiger charge is 2.16. The largest absolute Gasteiger partial charge is 0.478 e. The molecule has 0 spiro atoms. The first kappa shape index (κ1) is 14.0. The molecule has 4 N–H and O–H groups in total. The van der Waals surface area contributed by atoms with Crippen molar-refractivity contribution >= 4 is 23.3 Å². The Balaban J connectivity index is 3.19. The predicted octanol–water partition coefficient (Wildman–Crippen LogP) is 2.32. The maximum atomic E-state index is 11.6. The fraction of sp³-hybridized carbons (Fsp3) is 0.385. The molecule has 0 atom stereocenters. The molecule has 0 radical (unpaired) electrons. The fourth-order valence-electron chi connectivity index (χ4n) is 1.76. The van der Waals surface area contributed by atoms with Crippen molar-refractivity contribution in [2.75, 3.05) is 11.1 Å². The van der Waals surface area contributed by atoms with E-state index >= 15 is 0 Å². The molecular weight excluding hydrogens is 232 g/mol. The fourth-order valence-corrected chi connectivity index (χ4v) is 1.76.